The van der Waals surface area contributed by atoms with Crippen molar-refractivity contribution in [3.63, 3.8) is 0 Å². The molecule has 0 aliphatic carbocycles. The van der Waals surface area contributed by atoms with Crippen molar-refractivity contribution in [1.29, 1.82) is 0 Å². The topological polar surface area (TPSA) is 89.8 Å². The number of nitrogens with one attached hydrogen (secondary N) is 1. The fourth-order valence-electron chi connectivity index (χ4n) is 4.59. The quantitative estimate of drug-likeness (QED) is 0.0685. The van der Waals surface area contributed by atoms with E-state index in [9.17, 15) is 20.1 Å². The zero-order valence-electron chi connectivity index (χ0n) is 23.9. The summed E-state index contributed by atoms with van der Waals surface area (Å²) in [4.78, 5) is 12.3. The molecule has 0 rings (SSSR count). The van der Waals surface area contributed by atoms with E-state index in [1.807, 2.05) is 6.08 Å². The van der Waals surface area contributed by atoms with E-state index in [4.69, 9.17) is 0 Å². The fraction of sp³-hybridized carbons (Fsp3) is 0.903. The third kappa shape index (κ3) is 22.3. The van der Waals surface area contributed by atoms with Gasteiger partial charge in [0, 0.05) is 0 Å². The molecule has 0 heterocycles. The molecule has 0 saturated carbocycles. The SMILES string of the molecule is CCCCCCCCC/C=C/C(O)C(CO)NC(=O)C(O)CCCCCCCCCCCCCCC. The van der Waals surface area contributed by atoms with Gasteiger partial charge in [-0.25, -0.2) is 0 Å². The fourth-order valence-corrected chi connectivity index (χ4v) is 4.59. The molecule has 0 fully saturated rings. The molecule has 0 saturated heterocycles. The van der Waals surface area contributed by atoms with Crippen LogP contribution >= 0.6 is 0 Å². The second-order valence-corrected chi connectivity index (χ2v) is 10.7. The molecule has 4 N–H and O–H groups in total. The lowest BCUT2D eigenvalue weighted by Crippen LogP contribution is -2.48. The highest BCUT2D eigenvalue weighted by molar-refractivity contribution is 5.80. The Balaban J connectivity index is 3.79. The number of hydrogen-bond donors (Lipinski definition) is 4. The monoisotopic (exact) mass is 511 g/mol. The molecule has 36 heavy (non-hydrogen) atoms. The molecule has 3 atom stereocenters. The van der Waals surface area contributed by atoms with Gasteiger partial charge < -0.3 is 20.6 Å². The molecule has 0 aliphatic rings. The molecule has 5 nitrogen and oxygen atoms in total. The van der Waals surface area contributed by atoms with Crippen LogP contribution in [0.25, 0.3) is 0 Å². The predicted octanol–water partition coefficient (Wildman–Crippen LogP) is 7.36. The highest BCUT2D eigenvalue weighted by Gasteiger charge is 2.22. The molecule has 214 valence electrons. The van der Waals surface area contributed by atoms with Crippen molar-refractivity contribution in [3.8, 4) is 0 Å². The Hall–Kier alpha value is -0.910. The molecule has 0 spiro atoms. The first-order valence-electron chi connectivity index (χ1n) is 15.5. The van der Waals surface area contributed by atoms with E-state index in [-0.39, 0.29) is 6.61 Å². The molecule has 0 aliphatic heterocycles. The maximum Gasteiger partial charge on any atom is 0.249 e. The van der Waals surface area contributed by atoms with Crippen LogP contribution in [-0.2, 0) is 4.79 Å². The first-order valence-corrected chi connectivity index (χ1v) is 15.5. The predicted molar refractivity (Wildman–Crippen MR) is 153 cm³/mol. The van der Waals surface area contributed by atoms with E-state index in [2.05, 4.69) is 19.2 Å². The van der Waals surface area contributed by atoms with Crippen LogP contribution in [0, 0.1) is 0 Å². The van der Waals surface area contributed by atoms with Gasteiger partial charge >= 0.3 is 0 Å². The largest absolute Gasteiger partial charge is 0.394 e. The van der Waals surface area contributed by atoms with Gasteiger partial charge in [0.2, 0.25) is 5.91 Å². The summed E-state index contributed by atoms with van der Waals surface area (Å²) in [6, 6.07) is -0.788. The van der Waals surface area contributed by atoms with Crippen LogP contribution in [0.4, 0.5) is 0 Å². The van der Waals surface area contributed by atoms with Gasteiger partial charge in [0.05, 0.1) is 18.8 Å². The molecule has 0 aromatic rings. The summed E-state index contributed by atoms with van der Waals surface area (Å²) in [6.07, 6.45) is 27.9. The van der Waals surface area contributed by atoms with E-state index < -0.39 is 24.2 Å². The van der Waals surface area contributed by atoms with Crippen LogP contribution in [-0.4, -0.2) is 46.1 Å². The lowest BCUT2D eigenvalue weighted by molar-refractivity contribution is -0.131. The summed E-state index contributed by atoms with van der Waals surface area (Å²) in [7, 11) is 0. The average Bonchev–Trinajstić information content (AvgIpc) is 2.88. The number of carbonyl (C=O) groups excluding carboxylic acids is 1. The summed E-state index contributed by atoms with van der Waals surface area (Å²) in [5.74, 6) is -0.507. The minimum absolute atomic E-state index is 0.361. The first-order chi connectivity index (χ1) is 17.6. The van der Waals surface area contributed by atoms with Crippen molar-refractivity contribution >= 4 is 5.91 Å². The maximum atomic E-state index is 12.3. The molecular weight excluding hydrogens is 450 g/mol. The number of allylic oxidation sites excluding steroid dienone is 1. The molecule has 0 aromatic carbocycles. The third-order valence-corrected chi connectivity index (χ3v) is 7.13. The van der Waals surface area contributed by atoms with Gasteiger partial charge in [-0.05, 0) is 19.3 Å². The van der Waals surface area contributed by atoms with Crippen LogP contribution in [0.2, 0.25) is 0 Å². The lowest BCUT2D eigenvalue weighted by Gasteiger charge is -2.21. The number of rotatable bonds is 27. The van der Waals surface area contributed by atoms with E-state index in [1.165, 1.54) is 103 Å². The van der Waals surface area contributed by atoms with Crippen molar-refractivity contribution in [2.45, 2.75) is 173 Å². The number of amides is 1. The number of carbonyl (C=O) groups is 1. The minimum atomic E-state index is -1.09. The van der Waals surface area contributed by atoms with Gasteiger partial charge in [-0.1, -0.05) is 148 Å². The molecule has 3 unspecified atom stereocenters. The summed E-state index contributed by atoms with van der Waals surface area (Å²) < 4.78 is 0. The van der Waals surface area contributed by atoms with Crippen molar-refractivity contribution in [3.05, 3.63) is 12.2 Å². The molecular formula is C31H61NO4. The second kappa shape index (κ2) is 27.1. The van der Waals surface area contributed by atoms with Crippen LogP contribution in [0.5, 0.6) is 0 Å². The Bertz CT molecular complexity index is 497. The smallest absolute Gasteiger partial charge is 0.249 e. The molecule has 5 heteroatoms. The van der Waals surface area contributed by atoms with Gasteiger partial charge in [0.1, 0.15) is 6.10 Å². The zero-order chi connectivity index (χ0) is 26.7. The standard InChI is InChI=1S/C31H61NO4/c1-3-5-7-9-11-13-14-15-16-18-20-22-24-26-30(35)31(36)32-28(27-33)29(34)25-23-21-19-17-12-10-8-6-4-2/h23,25,28-30,33-35H,3-22,24,26-27H2,1-2H3,(H,32,36)/b25-23+. The molecule has 0 bridgehead atoms. The van der Waals surface area contributed by atoms with Crippen molar-refractivity contribution in [1.82, 2.24) is 5.32 Å². The average molecular weight is 512 g/mol. The van der Waals surface area contributed by atoms with Gasteiger partial charge in [-0.15, -0.1) is 0 Å². The summed E-state index contributed by atoms with van der Waals surface area (Å²) in [6.45, 7) is 4.12. The molecule has 0 radical (unpaired) electrons. The minimum Gasteiger partial charge on any atom is -0.394 e. The lowest BCUT2D eigenvalue weighted by atomic mass is 10.0. The van der Waals surface area contributed by atoms with Crippen molar-refractivity contribution < 1.29 is 20.1 Å². The highest BCUT2D eigenvalue weighted by atomic mass is 16.3. The maximum absolute atomic E-state index is 12.3. The highest BCUT2D eigenvalue weighted by Crippen LogP contribution is 2.14. The number of unbranched alkanes of at least 4 members (excludes halogenated alkanes) is 19. The van der Waals surface area contributed by atoms with Gasteiger partial charge in [-0.2, -0.15) is 0 Å². The van der Waals surface area contributed by atoms with Crippen LogP contribution in [0.1, 0.15) is 155 Å². The summed E-state index contributed by atoms with van der Waals surface area (Å²) >= 11 is 0. The van der Waals surface area contributed by atoms with E-state index >= 15 is 0 Å². The first kappa shape index (κ1) is 35.1. The van der Waals surface area contributed by atoms with Gasteiger partial charge in [0.15, 0.2) is 0 Å². The Labute approximate surface area is 223 Å². The second-order valence-electron chi connectivity index (χ2n) is 10.7. The van der Waals surface area contributed by atoms with Crippen molar-refractivity contribution in [2.75, 3.05) is 6.61 Å². The third-order valence-electron chi connectivity index (χ3n) is 7.13. The summed E-state index contributed by atoms with van der Waals surface area (Å²) in [5, 5.41) is 32.7. The van der Waals surface area contributed by atoms with Crippen LogP contribution in [0.3, 0.4) is 0 Å². The normalized spacial score (nSPS) is 14.2. The molecule has 1 amide bonds. The van der Waals surface area contributed by atoms with E-state index in [0.29, 0.717) is 6.42 Å². The Kier molecular flexibility index (Phi) is 26.4. The Morgan fingerprint density at radius 2 is 1.08 bits per heavy atom. The van der Waals surface area contributed by atoms with Crippen LogP contribution in [0.15, 0.2) is 12.2 Å². The van der Waals surface area contributed by atoms with Crippen molar-refractivity contribution in [2.24, 2.45) is 0 Å². The van der Waals surface area contributed by atoms with Gasteiger partial charge in [-0.3, -0.25) is 4.79 Å². The number of aliphatic hydroxyl groups is 3. The Morgan fingerprint density at radius 3 is 1.53 bits per heavy atom. The number of hydrogen-bond acceptors (Lipinski definition) is 4. The van der Waals surface area contributed by atoms with Gasteiger partial charge in [0.25, 0.3) is 0 Å². The number of aliphatic hydroxyl groups excluding tert-OH is 3. The molecule has 0 aromatic heterocycles. The Morgan fingerprint density at radius 1 is 0.667 bits per heavy atom. The van der Waals surface area contributed by atoms with E-state index in [1.54, 1.807) is 6.08 Å². The van der Waals surface area contributed by atoms with E-state index in [0.717, 1.165) is 32.1 Å². The summed E-state index contributed by atoms with van der Waals surface area (Å²) in [5.41, 5.74) is 0. The zero-order valence-corrected chi connectivity index (χ0v) is 23.9. The van der Waals surface area contributed by atoms with Crippen LogP contribution < -0.4 is 5.32 Å².